The minimum atomic E-state index is 0.0842. The van der Waals surface area contributed by atoms with Gasteiger partial charge in [0.1, 0.15) is 0 Å². The Kier molecular flexibility index (Phi) is 3.14. The fourth-order valence-corrected chi connectivity index (χ4v) is 2.55. The van der Waals surface area contributed by atoms with E-state index in [0.717, 1.165) is 16.6 Å². The number of rotatable bonds is 3. The van der Waals surface area contributed by atoms with Crippen molar-refractivity contribution in [3.8, 4) is 0 Å². The van der Waals surface area contributed by atoms with Crippen molar-refractivity contribution < 1.29 is 4.79 Å². The molecular weight excluding hydrogens is 306 g/mol. The Morgan fingerprint density at radius 1 is 1.42 bits per heavy atom. The standard InChI is InChI=1S/C14H14BrN3O/c1-18-8-11(7-16-18)17-14(19)13-6-12(13)9-2-4-10(15)5-3-9/h2-5,7-8,12-13H,6H2,1H3,(H,17,19)/t12-,13-/m0/s1. The molecule has 1 amide bonds. The maximum atomic E-state index is 12.1. The molecule has 19 heavy (non-hydrogen) atoms. The highest BCUT2D eigenvalue weighted by Gasteiger charge is 2.43. The highest BCUT2D eigenvalue weighted by molar-refractivity contribution is 9.10. The highest BCUT2D eigenvalue weighted by atomic mass is 79.9. The van der Waals surface area contributed by atoms with Gasteiger partial charge in [-0.3, -0.25) is 9.48 Å². The van der Waals surface area contributed by atoms with Gasteiger partial charge in [-0.1, -0.05) is 28.1 Å². The quantitative estimate of drug-likeness (QED) is 0.945. The van der Waals surface area contributed by atoms with Crippen molar-refractivity contribution in [1.82, 2.24) is 9.78 Å². The van der Waals surface area contributed by atoms with Crippen LogP contribution in [-0.2, 0) is 11.8 Å². The lowest BCUT2D eigenvalue weighted by atomic mass is 10.1. The SMILES string of the molecule is Cn1cc(NC(=O)[C@H]2C[C@H]2c2ccc(Br)cc2)cn1. The second-order valence-electron chi connectivity index (χ2n) is 4.89. The molecule has 3 rings (SSSR count). The average molecular weight is 320 g/mol. The summed E-state index contributed by atoms with van der Waals surface area (Å²) in [5.74, 6) is 0.520. The second kappa shape index (κ2) is 4.81. The molecule has 1 aliphatic carbocycles. The molecule has 5 heteroatoms. The summed E-state index contributed by atoms with van der Waals surface area (Å²) >= 11 is 3.42. The van der Waals surface area contributed by atoms with E-state index in [1.54, 1.807) is 17.1 Å². The minimum Gasteiger partial charge on any atom is -0.323 e. The molecule has 1 aromatic heterocycles. The summed E-state index contributed by atoms with van der Waals surface area (Å²) in [6.45, 7) is 0. The molecule has 0 radical (unpaired) electrons. The van der Waals surface area contributed by atoms with Crippen LogP contribution in [0.1, 0.15) is 17.9 Å². The molecule has 0 bridgehead atoms. The summed E-state index contributed by atoms with van der Waals surface area (Å²) in [4.78, 5) is 12.1. The summed E-state index contributed by atoms with van der Waals surface area (Å²) in [6, 6.07) is 8.19. The lowest BCUT2D eigenvalue weighted by Crippen LogP contribution is -2.14. The molecule has 0 saturated heterocycles. The van der Waals surface area contributed by atoms with Crippen molar-refractivity contribution in [3.63, 3.8) is 0 Å². The van der Waals surface area contributed by atoms with Gasteiger partial charge in [0.25, 0.3) is 0 Å². The minimum absolute atomic E-state index is 0.0842. The smallest absolute Gasteiger partial charge is 0.228 e. The summed E-state index contributed by atoms with van der Waals surface area (Å²) in [5.41, 5.74) is 1.99. The fraction of sp³-hybridized carbons (Fsp3) is 0.286. The van der Waals surface area contributed by atoms with Crippen LogP contribution < -0.4 is 5.32 Å². The van der Waals surface area contributed by atoms with Gasteiger partial charge in [-0.2, -0.15) is 5.10 Å². The van der Waals surface area contributed by atoms with Gasteiger partial charge in [-0.15, -0.1) is 0 Å². The largest absolute Gasteiger partial charge is 0.323 e. The number of carbonyl (C=O) groups excluding carboxylic acids is 1. The Morgan fingerprint density at radius 3 is 2.79 bits per heavy atom. The van der Waals surface area contributed by atoms with Crippen LogP contribution in [0.3, 0.4) is 0 Å². The zero-order chi connectivity index (χ0) is 13.4. The molecule has 1 aromatic carbocycles. The van der Waals surface area contributed by atoms with Crippen LogP contribution in [0, 0.1) is 5.92 Å². The molecule has 0 spiro atoms. The number of aryl methyl sites for hydroxylation is 1. The number of nitrogens with zero attached hydrogens (tertiary/aromatic N) is 2. The summed E-state index contributed by atoms with van der Waals surface area (Å²) in [5, 5.41) is 6.94. The number of hydrogen-bond donors (Lipinski definition) is 1. The number of anilines is 1. The van der Waals surface area contributed by atoms with Crippen LogP contribution in [0.4, 0.5) is 5.69 Å². The first-order valence-electron chi connectivity index (χ1n) is 6.18. The van der Waals surface area contributed by atoms with E-state index in [9.17, 15) is 4.79 Å². The van der Waals surface area contributed by atoms with Crippen LogP contribution in [0.2, 0.25) is 0 Å². The first-order chi connectivity index (χ1) is 9.13. The van der Waals surface area contributed by atoms with Gasteiger partial charge in [-0.25, -0.2) is 0 Å². The fourth-order valence-electron chi connectivity index (χ4n) is 2.28. The van der Waals surface area contributed by atoms with E-state index < -0.39 is 0 Å². The average Bonchev–Trinajstić information content (AvgIpc) is 3.08. The zero-order valence-corrected chi connectivity index (χ0v) is 12.1. The Hall–Kier alpha value is -1.62. The van der Waals surface area contributed by atoms with Gasteiger partial charge in [0.05, 0.1) is 11.9 Å². The lowest BCUT2D eigenvalue weighted by Gasteiger charge is -2.02. The Bertz CT molecular complexity index is 605. The highest BCUT2D eigenvalue weighted by Crippen LogP contribution is 2.48. The van der Waals surface area contributed by atoms with E-state index in [0.29, 0.717) is 5.92 Å². The number of carbonyl (C=O) groups is 1. The maximum absolute atomic E-state index is 12.1. The van der Waals surface area contributed by atoms with Gasteiger partial charge < -0.3 is 5.32 Å². The van der Waals surface area contributed by atoms with E-state index in [-0.39, 0.29) is 11.8 Å². The molecule has 1 fully saturated rings. The molecule has 1 aliphatic rings. The zero-order valence-electron chi connectivity index (χ0n) is 10.5. The predicted octanol–water partition coefficient (Wildman–Crippen LogP) is 2.92. The van der Waals surface area contributed by atoms with E-state index in [1.165, 1.54) is 5.56 Å². The molecule has 1 saturated carbocycles. The van der Waals surface area contributed by atoms with E-state index in [2.05, 4.69) is 38.5 Å². The summed E-state index contributed by atoms with van der Waals surface area (Å²) in [6.07, 6.45) is 4.39. The Labute approximate surface area is 119 Å². The normalized spacial score (nSPS) is 21.2. The molecule has 0 aliphatic heterocycles. The lowest BCUT2D eigenvalue weighted by molar-refractivity contribution is -0.117. The molecular formula is C14H14BrN3O. The molecule has 4 nitrogen and oxygen atoms in total. The Balaban J connectivity index is 1.63. The van der Waals surface area contributed by atoms with Crippen LogP contribution in [0.15, 0.2) is 41.1 Å². The first-order valence-corrected chi connectivity index (χ1v) is 6.98. The number of amides is 1. The van der Waals surface area contributed by atoms with Crippen molar-refractivity contribution in [1.29, 1.82) is 0 Å². The topological polar surface area (TPSA) is 46.9 Å². The van der Waals surface area contributed by atoms with Crippen molar-refractivity contribution >= 4 is 27.5 Å². The van der Waals surface area contributed by atoms with Gasteiger partial charge in [-0.05, 0) is 30.0 Å². The molecule has 0 unspecified atom stereocenters. The summed E-state index contributed by atoms with van der Waals surface area (Å²) < 4.78 is 2.74. The number of hydrogen-bond acceptors (Lipinski definition) is 2. The monoisotopic (exact) mass is 319 g/mol. The van der Waals surface area contributed by atoms with Gasteiger partial charge in [0, 0.05) is 23.6 Å². The maximum Gasteiger partial charge on any atom is 0.228 e. The first kappa shape index (κ1) is 12.4. The van der Waals surface area contributed by atoms with Gasteiger partial charge in [0.15, 0.2) is 0 Å². The van der Waals surface area contributed by atoms with E-state index in [4.69, 9.17) is 0 Å². The van der Waals surface area contributed by atoms with Crippen LogP contribution in [0.25, 0.3) is 0 Å². The van der Waals surface area contributed by atoms with Crippen LogP contribution in [0.5, 0.6) is 0 Å². The van der Waals surface area contributed by atoms with Crippen molar-refractivity contribution in [2.45, 2.75) is 12.3 Å². The van der Waals surface area contributed by atoms with E-state index in [1.807, 2.05) is 19.2 Å². The second-order valence-corrected chi connectivity index (χ2v) is 5.81. The number of aromatic nitrogens is 2. The van der Waals surface area contributed by atoms with Crippen molar-refractivity contribution in [2.24, 2.45) is 13.0 Å². The molecule has 98 valence electrons. The third-order valence-corrected chi connectivity index (χ3v) is 3.93. The van der Waals surface area contributed by atoms with Crippen LogP contribution in [-0.4, -0.2) is 15.7 Å². The van der Waals surface area contributed by atoms with E-state index >= 15 is 0 Å². The predicted molar refractivity (Wildman–Crippen MR) is 76.8 cm³/mol. The van der Waals surface area contributed by atoms with Crippen molar-refractivity contribution in [3.05, 3.63) is 46.7 Å². The molecule has 2 atom stereocenters. The van der Waals surface area contributed by atoms with Crippen molar-refractivity contribution in [2.75, 3.05) is 5.32 Å². The Morgan fingerprint density at radius 2 is 2.16 bits per heavy atom. The third-order valence-electron chi connectivity index (χ3n) is 3.40. The molecule has 2 aromatic rings. The van der Waals surface area contributed by atoms with Crippen LogP contribution >= 0.6 is 15.9 Å². The molecule has 1 N–H and O–H groups in total. The van der Waals surface area contributed by atoms with Gasteiger partial charge >= 0.3 is 0 Å². The number of nitrogens with one attached hydrogen (secondary N) is 1. The third kappa shape index (κ3) is 2.71. The molecule has 1 heterocycles. The summed E-state index contributed by atoms with van der Waals surface area (Å²) in [7, 11) is 1.83. The van der Waals surface area contributed by atoms with Gasteiger partial charge in [0.2, 0.25) is 5.91 Å². The number of benzene rings is 1. The number of halogens is 1.